The predicted molar refractivity (Wildman–Crippen MR) is 83.5 cm³/mol. The number of amides is 1. The minimum Gasteiger partial charge on any atom is -0.394 e. The summed E-state index contributed by atoms with van der Waals surface area (Å²) in [5, 5.41) is 13.4. The zero-order valence-electron chi connectivity index (χ0n) is 11.4. The van der Waals surface area contributed by atoms with Crippen molar-refractivity contribution in [1.82, 2.24) is 5.32 Å². The normalized spacial score (nSPS) is 17.9. The van der Waals surface area contributed by atoms with Gasteiger partial charge in [0.1, 0.15) is 0 Å². The lowest BCUT2D eigenvalue weighted by Gasteiger charge is -2.35. The first-order valence-electron chi connectivity index (χ1n) is 6.68. The van der Waals surface area contributed by atoms with Crippen LogP contribution in [0.15, 0.2) is 24.3 Å². The van der Waals surface area contributed by atoms with Crippen LogP contribution in [0.3, 0.4) is 0 Å². The molecule has 0 unspecified atom stereocenters. The Labute approximate surface area is 133 Å². The monoisotopic (exact) mass is 329 g/mol. The minimum atomic E-state index is -0.592. The van der Waals surface area contributed by atoms with Gasteiger partial charge in [0.15, 0.2) is 0 Å². The zero-order chi connectivity index (χ0) is 15.3. The lowest BCUT2D eigenvalue weighted by Crippen LogP contribution is -2.54. The summed E-state index contributed by atoms with van der Waals surface area (Å²) in [6, 6.07) is 5.06. The summed E-state index contributed by atoms with van der Waals surface area (Å²) in [4.78, 5) is 12.0. The largest absolute Gasteiger partial charge is 0.394 e. The number of benzene rings is 1. The van der Waals surface area contributed by atoms with Gasteiger partial charge in [-0.15, -0.1) is 0 Å². The van der Waals surface area contributed by atoms with Crippen LogP contribution in [0.4, 0.5) is 0 Å². The van der Waals surface area contributed by atoms with Gasteiger partial charge < -0.3 is 15.2 Å². The van der Waals surface area contributed by atoms with Gasteiger partial charge in [-0.3, -0.25) is 4.79 Å². The molecule has 4 nitrogen and oxygen atoms in total. The van der Waals surface area contributed by atoms with Crippen LogP contribution in [0.2, 0.25) is 10.0 Å². The van der Waals surface area contributed by atoms with Crippen LogP contribution >= 0.6 is 23.2 Å². The molecule has 6 heteroatoms. The van der Waals surface area contributed by atoms with Crippen molar-refractivity contribution in [3.05, 3.63) is 39.9 Å². The highest BCUT2D eigenvalue weighted by atomic mass is 35.5. The maximum atomic E-state index is 12.0. The number of aliphatic hydroxyl groups is 1. The molecule has 0 aliphatic carbocycles. The molecule has 1 amide bonds. The van der Waals surface area contributed by atoms with E-state index >= 15 is 0 Å². The van der Waals surface area contributed by atoms with Gasteiger partial charge in [0.2, 0.25) is 5.91 Å². The van der Waals surface area contributed by atoms with E-state index < -0.39 is 5.54 Å². The summed E-state index contributed by atoms with van der Waals surface area (Å²) >= 11 is 11.8. The molecule has 1 aliphatic rings. The van der Waals surface area contributed by atoms with Crippen molar-refractivity contribution in [2.75, 3.05) is 19.8 Å². The van der Waals surface area contributed by atoms with Gasteiger partial charge in [-0.2, -0.15) is 0 Å². The maximum Gasteiger partial charge on any atom is 0.244 e. The first-order chi connectivity index (χ1) is 10.0. The van der Waals surface area contributed by atoms with E-state index in [1.54, 1.807) is 24.3 Å². The van der Waals surface area contributed by atoms with Crippen LogP contribution in [0.1, 0.15) is 18.4 Å². The standard InChI is InChI=1S/C15H17Cl2NO3/c16-12-7-11(8-13(17)9-12)1-2-14(20)18-15(10-19)3-5-21-6-4-15/h1-2,7-9,19H,3-6,10H2,(H,18,20)/b2-1+. The number of aliphatic hydroxyl groups excluding tert-OH is 1. The summed E-state index contributed by atoms with van der Waals surface area (Å²) < 4.78 is 5.25. The van der Waals surface area contributed by atoms with Crippen molar-refractivity contribution in [3.63, 3.8) is 0 Å². The van der Waals surface area contributed by atoms with Crippen molar-refractivity contribution < 1.29 is 14.6 Å². The van der Waals surface area contributed by atoms with E-state index in [1.165, 1.54) is 6.08 Å². The third kappa shape index (κ3) is 4.71. The average Bonchev–Trinajstić information content (AvgIpc) is 2.45. The first kappa shape index (κ1) is 16.3. The Morgan fingerprint density at radius 3 is 2.48 bits per heavy atom. The van der Waals surface area contributed by atoms with Crippen LogP contribution in [-0.2, 0) is 9.53 Å². The Morgan fingerprint density at radius 2 is 1.90 bits per heavy atom. The van der Waals surface area contributed by atoms with E-state index in [-0.39, 0.29) is 12.5 Å². The molecule has 1 aliphatic heterocycles. The number of hydrogen-bond donors (Lipinski definition) is 2. The van der Waals surface area contributed by atoms with Crippen molar-refractivity contribution in [2.24, 2.45) is 0 Å². The third-order valence-corrected chi connectivity index (χ3v) is 3.89. The van der Waals surface area contributed by atoms with Gasteiger partial charge in [-0.25, -0.2) is 0 Å². The highest BCUT2D eigenvalue weighted by molar-refractivity contribution is 6.34. The number of ether oxygens (including phenoxy) is 1. The SMILES string of the molecule is O=C(/C=C/c1cc(Cl)cc(Cl)c1)NC1(CO)CCOCC1. The Bertz CT molecular complexity index is 519. The minimum absolute atomic E-state index is 0.0983. The van der Waals surface area contributed by atoms with E-state index in [9.17, 15) is 9.90 Å². The molecule has 1 heterocycles. The molecule has 0 saturated carbocycles. The molecule has 0 atom stereocenters. The van der Waals surface area contributed by atoms with E-state index in [0.29, 0.717) is 36.1 Å². The number of halogens is 2. The van der Waals surface area contributed by atoms with Gasteiger partial charge in [0, 0.05) is 29.3 Å². The smallest absolute Gasteiger partial charge is 0.244 e. The number of rotatable bonds is 4. The zero-order valence-corrected chi connectivity index (χ0v) is 13.0. The predicted octanol–water partition coefficient (Wildman–Crippen LogP) is 2.66. The van der Waals surface area contributed by atoms with Crippen molar-refractivity contribution in [3.8, 4) is 0 Å². The fourth-order valence-corrected chi connectivity index (χ4v) is 2.77. The summed E-state index contributed by atoms with van der Waals surface area (Å²) in [6.45, 7) is 0.974. The third-order valence-electron chi connectivity index (χ3n) is 3.45. The molecule has 1 aromatic rings. The molecule has 2 N–H and O–H groups in total. The fourth-order valence-electron chi connectivity index (χ4n) is 2.23. The second-order valence-corrected chi connectivity index (χ2v) is 5.95. The molecule has 1 saturated heterocycles. The highest BCUT2D eigenvalue weighted by Crippen LogP contribution is 2.21. The maximum absolute atomic E-state index is 12.0. The van der Waals surface area contributed by atoms with Crippen LogP contribution in [-0.4, -0.2) is 36.4 Å². The van der Waals surface area contributed by atoms with Gasteiger partial charge in [-0.1, -0.05) is 23.2 Å². The lowest BCUT2D eigenvalue weighted by molar-refractivity contribution is -0.120. The molecule has 114 valence electrons. The second kappa shape index (κ2) is 7.27. The van der Waals surface area contributed by atoms with E-state index in [0.717, 1.165) is 5.56 Å². The molecular weight excluding hydrogens is 313 g/mol. The Hall–Kier alpha value is -1.07. The van der Waals surface area contributed by atoms with E-state index in [4.69, 9.17) is 27.9 Å². The first-order valence-corrected chi connectivity index (χ1v) is 7.43. The average molecular weight is 330 g/mol. The Balaban J connectivity index is 2.01. The molecule has 21 heavy (non-hydrogen) atoms. The van der Waals surface area contributed by atoms with Crippen molar-refractivity contribution in [2.45, 2.75) is 18.4 Å². The molecule has 0 radical (unpaired) electrons. The quantitative estimate of drug-likeness (QED) is 0.835. The van der Waals surface area contributed by atoms with Gasteiger partial charge >= 0.3 is 0 Å². The highest BCUT2D eigenvalue weighted by Gasteiger charge is 2.32. The second-order valence-electron chi connectivity index (χ2n) is 5.08. The summed E-state index contributed by atoms with van der Waals surface area (Å²) in [5.74, 6) is -0.262. The number of carbonyl (C=O) groups excluding carboxylic acids is 1. The topological polar surface area (TPSA) is 58.6 Å². The number of carbonyl (C=O) groups is 1. The Morgan fingerprint density at radius 1 is 1.29 bits per heavy atom. The number of hydrogen-bond acceptors (Lipinski definition) is 3. The van der Waals surface area contributed by atoms with Gasteiger partial charge in [0.05, 0.1) is 12.1 Å². The molecule has 0 bridgehead atoms. The van der Waals surface area contributed by atoms with E-state index in [2.05, 4.69) is 5.32 Å². The van der Waals surface area contributed by atoms with Crippen molar-refractivity contribution >= 4 is 35.2 Å². The van der Waals surface area contributed by atoms with Crippen LogP contribution in [0.25, 0.3) is 6.08 Å². The molecular formula is C15H17Cl2NO3. The van der Waals surface area contributed by atoms with Gasteiger partial charge in [-0.05, 0) is 42.7 Å². The van der Waals surface area contributed by atoms with Crippen LogP contribution < -0.4 is 5.32 Å². The van der Waals surface area contributed by atoms with Crippen LogP contribution in [0.5, 0.6) is 0 Å². The molecule has 0 aromatic heterocycles. The van der Waals surface area contributed by atoms with E-state index in [1.807, 2.05) is 0 Å². The Kier molecular flexibility index (Phi) is 5.65. The number of nitrogens with one attached hydrogen (secondary N) is 1. The molecule has 0 spiro atoms. The lowest BCUT2D eigenvalue weighted by atomic mass is 9.91. The van der Waals surface area contributed by atoms with Crippen LogP contribution in [0, 0.1) is 0 Å². The summed E-state index contributed by atoms with van der Waals surface area (Å²) in [6.07, 6.45) is 4.25. The summed E-state index contributed by atoms with van der Waals surface area (Å²) in [5.41, 5.74) is 0.152. The van der Waals surface area contributed by atoms with Crippen molar-refractivity contribution in [1.29, 1.82) is 0 Å². The molecule has 1 aromatic carbocycles. The fraction of sp³-hybridized carbons (Fsp3) is 0.400. The van der Waals surface area contributed by atoms with Gasteiger partial charge in [0.25, 0.3) is 0 Å². The summed E-state index contributed by atoms with van der Waals surface area (Å²) in [7, 11) is 0. The molecule has 2 rings (SSSR count). The molecule has 1 fully saturated rings.